The molecule has 4 heteroatoms. The van der Waals surface area contributed by atoms with Gasteiger partial charge in [0.25, 0.3) is 0 Å². The molecular formula is C10H9BrFNO. The van der Waals surface area contributed by atoms with Crippen LogP contribution in [0.2, 0.25) is 0 Å². The molecule has 0 aromatic heterocycles. The highest BCUT2D eigenvalue weighted by atomic mass is 79.9. The predicted octanol–water partition coefficient (Wildman–Crippen LogP) is 3.27. The summed E-state index contributed by atoms with van der Waals surface area (Å²) in [5.41, 5.74) is 0. The fourth-order valence-corrected chi connectivity index (χ4v) is 1.26. The Morgan fingerprint density at radius 2 is 2.36 bits per heavy atom. The molecule has 14 heavy (non-hydrogen) atoms. The van der Waals surface area contributed by atoms with Crippen LogP contribution in [-0.2, 0) is 0 Å². The first kappa shape index (κ1) is 11.0. The number of hydrogen-bond acceptors (Lipinski definition) is 2. The van der Waals surface area contributed by atoms with Crippen molar-refractivity contribution < 1.29 is 9.13 Å². The maximum atomic E-state index is 12.8. The van der Waals surface area contributed by atoms with Crippen molar-refractivity contribution in [2.75, 3.05) is 0 Å². The zero-order valence-corrected chi connectivity index (χ0v) is 9.21. The average molecular weight is 258 g/mol. The van der Waals surface area contributed by atoms with Crippen LogP contribution in [0.25, 0.3) is 0 Å². The highest BCUT2D eigenvalue weighted by Crippen LogP contribution is 2.26. The Kier molecular flexibility index (Phi) is 3.90. The van der Waals surface area contributed by atoms with E-state index in [2.05, 4.69) is 15.9 Å². The summed E-state index contributed by atoms with van der Waals surface area (Å²) in [7, 11) is 0. The fraction of sp³-hybridized carbons (Fsp3) is 0.300. The van der Waals surface area contributed by atoms with E-state index in [1.807, 2.05) is 13.0 Å². The van der Waals surface area contributed by atoms with E-state index in [4.69, 9.17) is 10.00 Å². The summed E-state index contributed by atoms with van der Waals surface area (Å²) in [6.45, 7) is 1.83. The van der Waals surface area contributed by atoms with Gasteiger partial charge < -0.3 is 4.74 Å². The van der Waals surface area contributed by atoms with E-state index in [0.717, 1.165) is 0 Å². The van der Waals surface area contributed by atoms with Crippen LogP contribution in [0.15, 0.2) is 22.7 Å². The Morgan fingerprint density at radius 1 is 1.64 bits per heavy atom. The molecule has 0 N–H and O–H groups in total. The number of nitriles is 1. The van der Waals surface area contributed by atoms with Gasteiger partial charge in [0.05, 0.1) is 4.47 Å². The molecule has 0 fully saturated rings. The highest BCUT2D eigenvalue weighted by molar-refractivity contribution is 9.10. The molecule has 2 nitrogen and oxygen atoms in total. The number of nitrogens with zero attached hydrogens (tertiary/aromatic N) is 1. The molecular weight excluding hydrogens is 249 g/mol. The van der Waals surface area contributed by atoms with Crippen molar-refractivity contribution in [2.45, 2.75) is 19.4 Å². The number of rotatable bonds is 3. The first-order chi connectivity index (χ1) is 6.67. The molecule has 1 rings (SSSR count). The van der Waals surface area contributed by atoms with Crippen LogP contribution in [0.5, 0.6) is 5.75 Å². The van der Waals surface area contributed by atoms with Gasteiger partial charge in [0.15, 0.2) is 6.10 Å². The van der Waals surface area contributed by atoms with Crippen molar-refractivity contribution in [1.29, 1.82) is 5.26 Å². The van der Waals surface area contributed by atoms with E-state index in [1.54, 1.807) is 6.07 Å². The van der Waals surface area contributed by atoms with Gasteiger partial charge in [-0.2, -0.15) is 5.26 Å². The molecule has 0 heterocycles. The first-order valence-electron chi connectivity index (χ1n) is 4.18. The lowest BCUT2D eigenvalue weighted by atomic mass is 10.3. The summed E-state index contributed by atoms with van der Waals surface area (Å²) in [6.07, 6.45) is 0.0347. The Hall–Kier alpha value is -1.08. The Labute approximate surface area is 90.4 Å². The lowest BCUT2D eigenvalue weighted by molar-refractivity contribution is 0.249. The van der Waals surface area contributed by atoms with Gasteiger partial charge in [-0.1, -0.05) is 6.92 Å². The summed E-state index contributed by atoms with van der Waals surface area (Å²) in [5, 5.41) is 8.66. The van der Waals surface area contributed by atoms with Gasteiger partial charge in [-0.15, -0.1) is 0 Å². The van der Waals surface area contributed by atoms with E-state index in [1.165, 1.54) is 12.1 Å². The minimum absolute atomic E-state index is 0.360. The van der Waals surface area contributed by atoms with Crippen LogP contribution in [0, 0.1) is 17.1 Å². The van der Waals surface area contributed by atoms with Gasteiger partial charge >= 0.3 is 0 Å². The summed E-state index contributed by atoms with van der Waals surface area (Å²) < 4.78 is 18.7. The van der Waals surface area contributed by atoms with Crippen LogP contribution in [0.1, 0.15) is 13.3 Å². The van der Waals surface area contributed by atoms with Crippen molar-refractivity contribution in [2.24, 2.45) is 0 Å². The molecule has 74 valence electrons. The summed E-state index contributed by atoms with van der Waals surface area (Å²) in [5.74, 6) is -0.0191. The van der Waals surface area contributed by atoms with Gasteiger partial charge in [-0.25, -0.2) is 4.39 Å². The van der Waals surface area contributed by atoms with Gasteiger partial charge in [0, 0.05) is 6.07 Å². The van der Waals surface area contributed by atoms with Crippen LogP contribution in [0.4, 0.5) is 4.39 Å². The quantitative estimate of drug-likeness (QED) is 0.833. The molecule has 0 aliphatic carbocycles. The van der Waals surface area contributed by atoms with E-state index < -0.39 is 6.10 Å². The molecule has 0 saturated heterocycles. The molecule has 0 spiro atoms. The average Bonchev–Trinajstić information content (AvgIpc) is 2.19. The van der Waals surface area contributed by atoms with Crippen LogP contribution < -0.4 is 4.74 Å². The second-order valence-corrected chi connectivity index (χ2v) is 3.57. The van der Waals surface area contributed by atoms with E-state index in [0.29, 0.717) is 16.6 Å². The number of halogens is 2. The van der Waals surface area contributed by atoms with Gasteiger partial charge in [-0.05, 0) is 34.5 Å². The van der Waals surface area contributed by atoms with Gasteiger partial charge in [-0.3, -0.25) is 0 Å². The Bertz CT molecular complexity index is 362. The van der Waals surface area contributed by atoms with Crippen molar-refractivity contribution in [1.82, 2.24) is 0 Å². The molecule has 0 aliphatic heterocycles. The molecule has 0 saturated carbocycles. The van der Waals surface area contributed by atoms with Gasteiger partial charge in [0.2, 0.25) is 0 Å². The summed E-state index contributed by atoms with van der Waals surface area (Å²) in [6, 6.07) is 6.11. The zero-order chi connectivity index (χ0) is 10.6. The van der Waals surface area contributed by atoms with Crippen molar-refractivity contribution in [3.8, 4) is 11.8 Å². The minimum Gasteiger partial charge on any atom is -0.474 e. The third kappa shape index (κ3) is 2.71. The minimum atomic E-state index is -0.534. The van der Waals surface area contributed by atoms with Crippen molar-refractivity contribution >= 4 is 15.9 Å². The van der Waals surface area contributed by atoms with E-state index in [-0.39, 0.29) is 5.82 Å². The van der Waals surface area contributed by atoms with Crippen molar-refractivity contribution in [3.63, 3.8) is 0 Å². The molecule has 1 unspecified atom stereocenters. The number of benzene rings is 1. The van der Waals surface area contributed by atoms with Gasteiger partial charge in [0.1, 0.15) is 17.6 Å². The SMILES string of the molecule is CCC(C#N)Oc1cc(F)ccc1Br. The summed E-state index contributed by atoms with van der Waals surface area (Å²) in [4.78, 5) is 0. The monoisotopic (exact) mass is 257 g/mol. The first-order valence-corrected chi connectivity index (χ1v) is 4.98. The van der Waals surface area contributed by atoms with E-state index in [9.17, 15) is 4.39 Å². The molecule has 0 amide bonds. The molecule has 1 aromatic carbocycles. The molecule has 0 bridgehead atoms. The third-order valence-electron chi connectivity index (χ3n) is 1.68. The maximum absolute atomic E-state index is 12.8. The number of hydrogen-bond donors (Lipinski definition) is 0. The lowest BCUT2D eigenvalue weighted by Gasteiger charge is -2.11. The maximum Gasteiger partial charge on any atom is 0.184 e. The van der Waals surface area contributed by atoms with Crippen LogP contribution in [-0.4, -0.2) is 6.10 Å². The number of ether oxygens (including phenoxy) is 1. The fourth-order valence-electron chi connectivity index (χ4n) is 0.922. The molecule has 1 aromatic rings. The summed E-state index contributed by atoms with van der Waals surface area (Å²) >= 11 is 3.22. The lowest BCUT2D eigenvalue weighted by Crippen LogP contribution is -2.12. The largest absolute Gasteiger partial charge is 0.474 e. The second kappa shape index (κ2) is 4.97. The zero-order valence-electron chi connectivity index (χ0n) is 7.63. The van der Waals surface area contributed by atoms with Crippen LogP contribution >= 0.6 is 15.9 Å². The van der Waals surface area contributed by atoms with Crippen LogP contribution in [0.3, 0.4) is 0 Å². The molecule has 0 radical (unpaired) electrons. The van der Waals surface area contributed by atoms with Crippen molar-refractivity contribution in [3.05, 3.63) is 28.5 Å². The topological polar surface area (TPSA) is 33.0 Å². The highest BCUT2D eigenvalue weighted by Gasteiger charge is 2.09. The second-order valence-electron chi connectivity index (χ2n) is 2.72. The van der Waals surface area contributed by atoms with E-state index >= 15 is 0 Å². The Morgan fingerprint density at radius 3 is 2.93 bits per heavy atom. The standard InChI is InChI=1S/C10H9BrFNO/c1-2-8(6-13)14-10-5-7(12)3-4-9(10)11/h3-5,8H,2H2,1H3. The predicted molar refractivity (Wildman–Crippen MR) is 54.4 cm³/mol. The molecule has 0 aliphatic rings. The Balaban J connectivity index is 2.86. The normalized spacial score (nSPS) is 11.9. The molecule has 1 atom stereocenters. The smallest absolute Gasteiger partial charge is 0.184 e. The third-order valence-corrected chi connectivity index (χ3v) is 2.33.